The molecular weight excluding hydrogens is 219 g/mol. The molecule has 0 unspecified atom stereocenters. The second-order valence-electron chi connectivity index (χ2n) is 2.69. The normalized spacial score (nSPS) is 15.7. The number of rotatable bonds is 1. The van der Waals surface area contributed by atoms with E-state index in [1.807, 2.05) is 0 Å². The van der Waals surface area contributed by atoms with Gasteiger partial charge in [-0.05, 0) is 0 Å². The molecule has 1 aliphatic rings. The average molecular weight is 229 g/mol. The monoisotopic (exact) mass is 229 g/mol. The molecule has 2 N–H and O–H groups in total. The summed E-state index contributed by atoms with van der Waals surface area (Å²) in [5.41, 5.74) is 0. The van der Waals surface area contributed by atoms with Gasteiger partial charge in [-0.1, -0.05) is 0 Å². The van der Waals surface area contributed by atoms with Gasteiger partial charge in [-0.25, -0.2) is 4.79 Å². The van der Waals surface area contributed by atoms with Gasteiger partial charge in [-0.15, -0.1) is 0 Å². The number of carbonyl (C=O) groups excluding carboxylic acids is 1. The minimum atomic E-state index is -5.08. The summed E-state index contributed by atoms with van der Waals surface area (Å²) < 4.78 is 36.5. The SMILES string of the molecule is CC(=O)OC1CNC1.O=C(O)C(F)(F)F. The molecule has 1 heterocycles. The second kappa shape index (κ2) is 5.54. The predicted octanol–water partition coefficient (Wildman–Crippen LogP) is 0.155. The van der Waals surface area contributed by atoms with Gasteiger partial charge < -0.3 is 15.2 Å². The van der Waals surface area contributed by atoms with E-state index in [2.05, 4.69) is 5.32 Å². The van der Waals surface area contributed by atoms with Crippen molar-refractivity contribution in [3.8, 4) is 0 Å². The molecule has 0 aliphatic carbocycles. The molecule has 0 spiro atoms. The third-order valence-electron chi connectivity index (χ3n) is 1.32. The summed E-state index contributed by atoms with van der Waals surface area (Å²) in [5, 5.41) is 10.1. The van der Waals surface area contributed by atoms with Gasteiger partial charge in [-0.2, -0.15) is 13.2 Å². The molecule has 0 saturated carbocycles. The summed E-state index contributed by atoms with van der Waals surface area (Å²) in [7, 11) is 0. The number of hydrogen-bond acceptors (Lipinski definition) is 4. The lowest BCUT2D eigenvalue weighted by molar-refractivity contribution is -0.192. The Balaban J connectivity index is 0.000000265. The molecule has 1 rings (SSSR count). The number of carboxylic acids is 1. The van der Waals surface area contributed by atoms with Crippen LogP contribution in [0.4, 0.5) is 13.2 Å². The molecule has 1 aliphatic heterocycles. The molecule has 1 fully saturated rings. The zero-order valence-electron chi connectivity index (χ0n) is 7.80. The molecule has 0 bridgehead atoms. The summed E-state index contributed by atoms with van der Waals surface area (Å²) in [6.07, 6.45) is -4.94. The van der Waals surface area contributed by atoms with Crippen molar-refractivity contribution in [3.63, 3.8) is 0 Å². The van der Waals surface area contributed by atoms with Crippen LogP contribution in [0.15, 0.2) is 0 Å². The Morgan fingerprint density at radius 3 is 1.87 bits per heavy atom. The van der Waals surface area contributed by atoms with Crippen molar-refractivity contribution in [1.29, 1.82) is 0 Å². The van der Waals surface area contributed by atoms with E-state index in [-0.39, 0.29) is 12.1 Å². The first-order valence-corrected chi connectivity index (χ1v) is 3.91. The largest absolute Gasteiger partial charge is 0.490 e. The number of carbonyl (C=O) groups is 2. The van der Waals surface area contributed by atoms with E-state index in [0.717, 1.165) is 13.1 Å². The van der Waals surface area contributed by atoms with Gasteiger partial charge in [0.05, 0.1) is 0 Å². The molecule has 0 atom stereocenters. The molecule has 0 aromatic heterocycles. The average Bonchev–Trinajstić information content (AvgIpc) is 1.96. The smallest absolute Gasteiger partial charge is 0.475 e. The van der Waals surface area contributed by atoms with Crippen LogP contribution >= 0.6 is 0 Å². The van der Waals surface area contributed by atoms with E-state index in [1.54, 1.807) is 0 Å². The number of nitrogens with one attached hydrogen (secondary N) is 1. The van der Waals surface area contributed by atoms with Crippen LogP contribution in [-0.4, -0.2) is 42.4 Å². The fourth-order valence-corrected chi connectivity index (χ4v) is 0.580. The van der Waals surface area contributed by atoms with Gasteiger partial charge in [-0.3, -0.25) is 4.79 Å². The molecule has 8 heteroatoms. The molecule has 15 heavy (non-hydrogen) atoms. The molecule has 0 radical (unpaired) electrons. The molecular formula is C7H10F3NO4. The van der Waals surface area contributed by atoms with E-state index >= 15 is 0 Å². The Morgan fingerprint density at radius 2 is 1.80 bits per heavy atom. The van der Waals surface area contributed by atoms with Gasteiger partial charge >= 0.3 is 18.1 Å². The van der Waals surface area contributed by atoms with E-state index < -0.39 is 12.1 Å². The van der Waals surface area contributed by atoms with Crippen LogP contribution < -0.4 is 5.32 Å². The van der Waals surface area contributed by atoms with Crippen molar-refractivity contribution in [2.45, 2.75) is 19.2 Å². The number of aliphatic carboxylic acids is 1. The molecule has 0 amide bonds. The molecule has 88 valence electrons. The quantitative estimate of drug-likeness (QED) is 0.626. The third-order valence-corrected chi connectivity index (χ3v) is 1.32. The van der Waals surface area contributed by atoms with Crippen LogP contribution in [0.2, 0.25) is 0 Å². The number of hydrogen-bond donors (Lipinski definition) is 2. The lowest BCUT2D eigenvalue weighted by Crippen LogP contribution is -2.49. The van der Waals surface area contributed by atoms with E-state index in [9.17, 15) is 18.0 Å². The number of esters is 1. The fraction of sp³-hybridized carbons (Fsp3) is 0.714. The summed E-state index contributed by atoms with van der Waals surface area (Å²) in [6.45, 7) is 3.07. The van der Waals surface area contributed by atoms with Gasteiger partial charge in [0.1, 0.15) is 6.10 Å². The maximum atomic E-state index is 10.6. The Morgan fingerprint density at radius 1 is 1.40 bits per heavy atom. The summed E-state index contributed by atoms with van der Waals surface area (Å²) in [6, 6.07) is 0. The van der Waals surface area contributed by atoms with Gasteiger partial charge in [0, 0.05) is 20.0 Å². The van der Waals surface area contributed by atoms with Crippen LogP contribution in [-0.2, 0) is 14.3 Å². The summed E-state index contributed by atoms with van der Waals surface area (Å²) in [5.74, 6) is -2.94. The van der Waals surface area contributed by atoms with Crippen molar-refractivity contribution in [1.82, 2.24) is 5.32 Å². The maximum Gasteiger partial charge on any atom is 0.490 e. The second-order valence-corrected chi connectivity index (χ2v) is 2.69. The molecule has 5 nitrogen and oxygen atoms in total. The zero-order valence-corrected chi connectivity index (χ0v) is 7.80. The molecule has 0 aromatic carbocycles. The first-order valence-electron chi connectivity index (χ1n) is 3.91. The fourth-order valence-electron chi connectivity index (χ4n) is 0.580. The highest BCUT2D eigenvalue weighted by Gasteiger charge is 2.38. The van der Waals surface area contributed by atoms with Gasteiger partial charge in [0.2, 0.25) is 0 Å². The van der Waals surface area contributed by atoms with Crippen LogP contribution in [0.3, 0.4) is 0 Å². The van der Waals surface area contributed by atoms with Crippen molar-refractivity contribution < 1.29 is 32.6 Å². The van der Waals surface area contributed by atoms with Crippen molar-refractivity contribution >= 4 is 11.9 Å². The first kappa shape index (κ1) is 13.7. The maximum absolute atomic E-state index is 10.6. The first-order chi connectivity index (χ1) is 6.73. The van der Waals surface area contributed by atoms with Crippen LogP contribution in [0.25, 0.3) is 0 Å². The summed E-state index contributed by atoms with van der Waals surface area (Å²) >= 11 is 0. The lowest BCUT2D eigenvalue weighted by atomic mass is 10.2. The standard InChI is InChI=1S/C5H9NO2.C2HF3O2/c1-4(7)8-5-2-6-3-5;3-2(4,5)1(6)7/h5-6H,2-3H2,1H3;(H,6,7). The highest BCUT2D eigenvalue weighted by atomic mass is 19.4. The highest BCUT2D eigenvalue weighted by Crippen LogP contribution is 2.13. The third kappa shape index (κ3) is 6.72. The van der Waals surface area contributed by atoms with Crippen molar-refractivity contribution in [2.75, 3.05) is 13.1 Å². The Labute approximate surface area is 83.2 Å². The number of alkyl halides is 3. The topological polar surface area (TPSA) is 75.6 Å². The molecule has 0 aromatic rings. The van der Waals surface area contributed by atoms with E-state index in [0.29, 0.717) is 0 Å². The van der Waals surface area contributed by atoms with E-state index in [4.69, 9.17) is 14.6 Å². The predicted molar refractivity (Wildman–Crippen MR) is 42.1 cm³/mol. The van der Waals surface area contributed by atoms with Crippen LogP contribution in [0, 0.1) is 0 Å². The lowest BCUT2D eigenvalue weighted by Gasteiger charge is -2.25. The zero-order chi connectivity index (χ0) is 12.1. The number of ether oxygens (including phenoxy) is 1. The minimum Gasteiger partial charge on any atom is -0.475 e. The van der Waals surface area contributed by atoms with Crippen molar-refractivity contribution in [2.24, 2.45) is 0 Å². The number of halogens is 3. The molecule has 1 saturated heterocycles. The van der Waals surface area contributed by atoms with E-state index in [1.165, 1.54) is 6.92 Å². The van der Waals surface area contributed by atoms with Crippen LogP contribution in [0.5, 0.6) is 0 Å². The number of carboxylic acid groups (broad SMARTS) is 1. The minimum absolute atomic E-state index is 0.146. The highest BCUT2D eigenvalue weighted by molar-refractivity contribution is 5.73. The van der Waals surface area contributed by atoms with Crippen molar-refractivity contribution in [3.05, 3.63) is 0 Å². The Hall–Kier alpha value is -1.31. The Bertz CT molecular complexity index is 237. The van der Waals surface area contributed by atoms with Crippen LogP contribution in [0.1, 0.15) is 6.92 Å². The van der Waals surface area contributed by atoms with Gasteiger partial charge in [0.25, 0.3) is 0 Å². The summed E-state index contributed by atoms with van der Waals surface area (Å²) in [4.78, 5) is 19.1. The van der Waals surface area contributed by atoms with Gasteiger partial charge in [0.15, 0.2) is 0 Å². The Kier molecular flexibility index (Phi) is 5.06.